The first-order valence-corrected chi connectivity index (χ1v) is 10.2. The average Bonchev–Trinajstić information content (AvgIpc) is 3.06. The quantitative estimate of drug-likeness (QED) is 0.806. The van der Waals surface area contributed by atoms with Gasteiger partial charge in [-0.25, -0.2) is 9.78 Å². The summed E-state index contributed by atoms with van der Waals surface area (Å²) in [6.45, 7) is 9.85. The highest BCUT2D eigenvalue weighted by Crippen LogP contribution is 2.36. The number of hydrogen-bond acceptors (Lipinski definition) is 4. The van der Waals surface area contributed by atoms with Crippen LogP contribution in [0.5, 0.6) is 0 Å². The number of carboxylic acids is 1. The summed E-state index contributed by atoms with van der Waals surface area (Å²) in [6, 6.07) is 6.24. The van der Waals surface area contributed by atoms with Crippen molar-refractivity contribution < 1.29 is 14.7 Å². The van der Waals surface area contributed by atoms with Crippen LogP contribution in [0.1, 0.15) is 57.1 Å². The molecule has 7 nitrogen and oxygen atoms in total. The number of nitrogens with zero attached hydrogens (tertiary/aromatic N) is 4. The van der Waals surface area contributed by atoms with E-state index in [0.29, 0.717) is 12.5 Å². The van der Waals surface area contributed by atoms with Gasteiger partial charge in [0.1, 0.15) is 5.82 Å². The monoisotopic (exact) mass is 384 g/mol. The van der Waals surface area contributed by atoms with E-state index in [1.54, 1.807) is 0 Å². The van der Waals surface area contributed by atoms with Gasteiger partial charge in [0.05, 0.1) is 23.1 Å². The van der Waals surface area contributed by atoms with Gasteiger partial charge in [0, 0.05) is 19.6 Å². The SMILES string of the molecule is CCN1CCn2c(nc3cc(C4CC[C@H](C)CN4C(=O)C(=O)O)ccc32)[C@H]1C. The first kappa shape index (κ1) is 18.9. The second-order valence-corrected chi connectivity index (χ2v) is 8.14. The first-order chi connectivity index (χ1) is 13.4. The third-order valence-corrected chi connectivity index (χ3v) is 6.39. The zero-order valence-electron chi connectivity index (χ0n) is 16.8. The second kappa shape index (κ2) is 7.20. The molecule has 0 saturated carbocycles. The van der Waals surface area contributed by atoms with E-state index in [9.17, 15) is 14.7 Å². The smallest absolute Gasteiger partial charge is 0.394 e. The summed E-state index contributed by atoms with van der Waals surface area (Å²) in [4.78, 5) is 32.4. The summed E-state index contributed by atoms with van der Waals surface area (Å²) < 4.78 is 2.29. The molecule has 2 aliphatic heterocycles. The Hall–Kier alpha value is -2.41. The summed E-state index contributed by atoms with van der Waals surface area (Å²) >= 11 is 0. The lowest BCUT2D eigenvalue weighted by molar-refractivity contribution is -0.158. The molecule has 2 aliphatic rings. The summed E-state index contributed by atoms with van der Waals surface area (Å²) in [5.41, 5.74) is 3.02. The lowest BCUT2D eigenvalue weighted by atomic mass is 9.89. The van der Waals surface area contributed by atoms with Crippen molar-refractivity contribution in [2.45, 2.75) is 52.2 Å². The number of hydrogen-bond donors (Lipinski definition) is 1. The van der Waals surface area contributed by atoms with Gasteiger partial charge in [-0.15, -0.1) is 0 Å². The number of rotatable bonds is 2. The molecule has 1 saturated heterocycles. The fourth-order valence-corrected chi connectivity index (χ4v) is 4.79. The van der Waals surface area contributed by atoms with Crippen molar-refractivity contribution in [3.63, 3.8) is 0 Å². The van der Waals surface area contributed by atoms with Crippen molar-refractivity contribution in [1.82, 2.24) is 19.4 Å². The van der Waals surface area contributed by atoms with Gasteiger partial charge in [-0.05, 0) is 49.9 Å². The standard InChI is InChI=1S/C21H28N4O3/c1-4-23-9-10-24-18-8-6-15(11-16(18)22-19(24)14(23)3)17-7-5-13(2)12-25(17)20(26)21(27)28/h6,8,11,13-14,17H,4-5,7,9-10,12H2,1-3H3,(H,27,28)/t13-,14+,17?/m0/s1. The number of aliphatic carboxylic acids is 1. The van der Waals surface area contributed by atoms with Crippen molar-refractivity contribution in [3.8, 4) is 0 Å². The van der Waals surface area contributed by atoms with E-state index in [1.165, 1.54) is 4.90 Å². The molecule has 1 amide bonds. The van der Waals surface area contributed by atoms with Gasteiger partial charge in [0.2, 0.25) is 0 Å². The molecule has 2 aromatic rings. The molecule has 1 unspecified atom stereocenters. The number of carbonyl (C=O) groups excluding carboxylic acids is 1. The van der Waals surface area contributed by atoms with Crippen LogP contribution >= 0.6 is 0 Å². The van der Waals surface area contributed by atoms with Gasteiger partial charge >= 0.3 is 11.9 Å². The van der Waals surface area contributed by atoms with E-state index < -0.39 is 11.9 Å². The zero-order chi connectivity index (χ0) is 20.0. The Kier molecular flexibility index (Phi) is 4.87. The van der Waals surface area contributed by atoms with Gasteiger partial charge < -0.3 is 14.6 Å². The van der Waals surface area contributed by atoms with Crippen LogP contribution < -0.4 is 0 Å². The predicted molar refractivity (Wildman–Crippen MR) is 106 cm³/mol. The van der Waals surface area contributed by atoms with E-state index in [0.717, 1.165) is 54.9 Å². The molecule has 4 rings (SSSR count). The minimum absolute atomic E-state index is 0.201. The Morgan fingerprint density at radius 1 is 1.21 bits per heavy atom. The van der Waals surface area contributed by atoms with Crippen LogP contribution in [-0.2, 0) is 16.1 Å². The molecule has 1 fully saturated rings. The maximum Gasteiger partial charge on any atom is 0.394 e. The van der Waals surface area contributed by atoms with Gasteiger partial charge in [0.15, 0.2) is 0 Å². The fraction of sp³-hybridized carbons (Fsp3) is 0.571. The van der Waals surface area contributed by atoms with Crippen molar-refractivity contribution in [3.05, 3.63) is 29.6 Å². The van der Waals surface area contributed by atoms with E-state index >= 15 is 0 Å². The highest BCUT2D eigenvalue weighted by molar-refractivity contribution is 6.31. The molecule has 1 aromatic heterocycles. The minimum atomic E-state index is -1.38. The number of amides is 1. The van der Waals surface area contributed by atoms with Gasteiger partial charge in [-0.2, -0.15) is 0 Å². The van der Waals surface area contributed by atoms with Crippen molar-refractivity contribution in [1.29, 1.82) is 0 Å². The molecule has 0 radical (unpaired) electrons. The zero-order valence-corrected chi connectivity index (χ0v) is 16.8. The number of likely N-dealkylation sites (N-methyl/N-ethyl adjacent to an activating group) is 1. The van der Waals surface area contributed by atoms with Gasteiger partial charge in [-0.3, -0.25) is 9.69 Å². The molecule has 3 atom stereocenters. The number of carboxylic acid groups (broad SMARTS) is 1. The lowest BCUT2D eigenvalue weighted by Gasteiger charge is -2.38. The maximum atomic E-state index is 12.3. The maximum absolute atomic E-state index is 12.3. The number of fused-ring (bicyclic) bond motifs is 3. The third kappa shape index (κ3) is 3.07. The molecule has 7 heteroatoms. The Balaban J connectivity index is 1.71. The Labute approximate surface area is 164 Å². The van der Waals surface area contributed by atoms with Crippen molar-refractivity contribution in [2.24, 2.45) is 5.92 Å². The van der Waals surface area contributed by atoms with Crippen LogP contribution in [0.2, 0.25) is 0 Å². The minimum Gasteiger partial charge on any atom is -0.474 e. The van der Waals surface area contributed by atoms with Gasteiger partial charge in [-0.1, -0.05) is 19.9 Å². The topological polar surface area (TPSA) is 78.7 Å². The molecule has 150 valence electrons. The predicted octanol–water partition coefficient (Wildman–Crippen LogP) is 2.82. The molecule has 1 N–H and O–H groups in total. The van der Waals surface area contributed by atoms with Crippen LogP contribution in [0.15, 0.2) is 18.2 Å². The number of likely N-dealkylation sites (tertiary alicyclic amines) is 1. The van der Waals surface area contributed by atoms with Crippen LogP contribution in [0, 0.1) is 5.92 Å². The molecule has 0 aliphatic carbocycles. The largest absolute Gasteiger partial charge is 0.474 e. The van der Waals surface area contributed by atoms with Crippen LogP contribution in [0.3, 0.4) is 0 Å². The number of piperidine rings is 1. The van der Waals surface area contributed by atoms with Crippen molar-refractivity contribution in [2.75, 3.05) is 19.6 Å². The first-order valence-electron chi connectivity index (χ1n) is 10.2. The van der Waals surface area contributed by atoms with Crippen LogP contribution in [0.25, 0.3) is 11.0 Å². The fourth-order valence-electron chi connectivity index (χ4n) is 4.79. The van der Waals surface area contributed by atoms with E-state index in [4.69, 9.17) is 4.98 Å². The van der Waals surface area contributed by atoms with Crippen LogP contribution in [-0.4, -0.2) is 56.0 Å². The van der Waals surface area contributed by atoms with Crippen molar-refractivity contribution >= 4 is 22.9 Å². The molecule has 0 spiro atoms. The third-order valence-electron chi connectivity index (χ3n) is 6.39. The molecular formula is C21H28N4O3. The van der Waals surface area contributed by atoms with E-state index in [2.05, 4.69) is 36.3 Å². The van der Waals surface area contributed by atoms with Crippen LogP contribution in [0.4, 0.5) is 0 Å². The summed E-state index contributed by atoms with van der Waals surface area (Å²) in [7, 11) is 0. The highest BCUT2D eigenvalue weighted by Gasteiger charge is 2.34. The Morgan fingerprint density at radius 2 is 2.00 bits per heavy atom. The van der Waals surface area contributed by atoms with E-state index in [1.807, 2.05) is 12.1 Å². The molecule has 3 heterocycles. The number of benzene rings is 1. The van der Waals surface area contributed by atoms with E-state index in [-0.39, 0.29) is 12.1 Å². The Morgan fingerprint density at radius 3 is 2.71 bits per heavy atom. The average molecular weight is 384 g/mol. The summed E-state index contributed by atoms with van der Waals surface area (Å²) in [6.07, 6.45) is 1.76. The summed E-state index contributed by atoms with van der Waals surface area (Å²) in [5, 5.41) is 9.23. The molecular weight excluding hydrogens is 356 g/mol. The molecule has 0 bridgehead atoms. The summed E-state index contributed by atoms with van der Waals surface area (Å²) in [5.74, 6) is -0.806. The normalized spacial score (nSPS) is 25.7. The van der Waals surface area contributed by atoms with Gasteiger partial charge in [0.25, 0.3) is 0 Å². The Bertz CT molecular complexity index is 922. The lowest BCUT2D eigenvalue weighted by Crippen LogP contribution is -2.44. The number of aromatic nitrogens is 2. The molecule has 1 aromatic carbocycles. The number of imidazole rings is 1. The highest BCUT2D eigenvalue weighted by atomic mass is 16.4. The molecule has 28 heavy (non-hydrogen) atoms. The number of carbonyl (C=O) groups is 2. The second-order valence-electron chi connectivity index (χ2n) is 8.14.